The van der Waals surface area contributed by atoms with Gasteiger partial charge < -0.3 is 4.42 Å². The highest BCUT2D eigenvalue weighted by atomic mass is 35.5. The molecule has 2 atom stereocenters. The van der Waals surface area contributed by atoms with Gasteiger partial charge in [0, 0.05) is 6.20 Å². The lowest BCUT2D eigenvalue weighted by molar-refractivity contribution is -0.0772. The minimum atomic E-state index is -0.0808. The summed E-state index contributed by atoms with van der Waals surface area (Å²) < 4.78 is 8.20. The number of pyridine rings is 1. The standard InChI is InChI=1S/C19H19ClN6O/c20-17-22-11-26(25-17)19-8-12-5-13(9-19)7-18(6-12,10-19)16-24-23-15(27-16)14-3-1-2-4-21-14/h1-4,11-13H,5-10H2/t12-,13-,18?,19?/m1/s1. The maximum atomic E-state index is 6.18. The number of rotatable bonds is 3. The zero-order valence-corrected chi connectivity index (χ0v) is 15.5. The van der Waals surface area contributed by atoms with E-state index < -0.39 is 0 Å². The van der Waals surface area contributed by atoms with Crippen LogP contribution in [0.4, 0.5) is 0 Å². The van der Waals surface area contributed by atoms with Gasteiger partial charge in [-0.1, -0.05) is 6.07 Å². The molecule has 3 aromatic heterocycles. The second kappa shape index (κ2) is 5.38. The van der Waals surface area contributed by atoms with Crippen molar-refractivity contribution in [2.45, 2.75) is 49.5 Å². The first-order valence-corrected chi connectivity index (χ1v) is 9.85. The van der Waals surface area contributed by atoms with Crippen molar-refractivity contribution in [3.05, 3.63) is 41.9 Å². The van der Waals surface area contributed by atoms with Gasteiger partial charge in [-0.15, -0.1) is 15.3 Å². The van der Waals surface area contributed by atoms with E-state index in [0.717, 1.165) is 43.7 Å². The molecule has 27 heavy (non-hydrogen) atoms. The SMILES string of the molecule is Clc1ncn(C23C[C@@H]4C[C@H](CC(c5nnc(-c6ccccn6)o5)(C4)C2)C3)n1. The van der Waals surface area contributed by atoms with E-state index in [1.165, 1.54) is 6.42 Å². The number of hydrogen-bond acceptors (Lipinski definition) is 6. The first-order chi connectivity index (χ1) is 13.1. The number of nitrogens with zero attached hydrogens (tertiary/aromatic N) is 6. The summed E-state index contributed by atoms with van der Waals surface area (Å²) in [6.07, 6.45) is 10.3. The van der Waals surface area contributed by atoms with Gasteiger partial charge in [-0.2, -0.15) is 0 Å². The van der Waals surface area contributed by atoms with Gasteiger partial charge in [0.25, 0.3) is 5.89 Å². The topological polar surface area (TPSA) is 82.5 Å². The molecule has 0 aliphatic heterocycles. The maximum Gasteiger partial charge on any atom is 0.266 e. The summed E-state index contributed by atoms with van der Waals surface area (Å²) in [7, 11) is 0. The molecule has 0 unspecified atom stereocenters. The van der Waals surface area contributed by atoms with Gasteiger partial charge in [-0.25, -0.2) is 9.67 Å². The van der Waals surface area contributed by atoms with Crippen LogP contribution in [0.3, 0.4) is 0 Å². The second-order valence-corrected chi connectivity index (χ2v) is 8.89. The third kappa shape index (κ3) is 2.30. The molecule has 0 N–H and O–H groups in total. The summed E-state index contributed by atoms with van der Waals surface area (Å²) in [6.45, 7) is 0. The fourth-order valence-electron chi connectivity index (χ4n) is 6.23. The van der Waals surface area contributed by atoms with E-state index in [9.17, 15) is 0 Å². The average Bonchev–Trinajstić information content (AvgIpc) is 3.31. The first-order valence-electron chi connectivity index (χ1n) is 9.47. The van der Waals surface area contributed by atoms with Crippen molar-refractivity contribution < 1.29 is 4.42 Å². The lowest BCUT2D eigenvalue weighted by Gasteiger charge is -2.60. The van der Waals surface area contributed by atoms with Crippen LogP contribution in [0.15, 0.2) is 35.1 Å². The van der Waals surface area contributed by atoms with Crippen LogP contribution < -0.4 is 0 Å². The second-order valence-electron chi connectivity index (χ2n) is 8.55. The molecule has 0 saturated heterocycles. The van der Waals surface area contributed by atoms with E-state index in [-0.39, 0.29) is 11.0 Å². The number of aromatic nitrogens is 6. The molecular weight excluding hydrogens is 364 g/mol. The molecule has 4 aliphatic carbocycles. The molecule has 0 spiro atoms. The van der Waals surface area contributed by atoms with Crippen molar-refractivity contribution in [2.24, 2.45) is 11.8 Å². The summed E-state index contributed by atoms with van der Waals surface area (Å²) in [5.74, 6) is 2.56. The molecule has 7 rings (SSSR count). The molecule has 3 heterocycles. The van der Waals surface area contributed by atoms with Crippen LogP contribution in [0, 0.1) is 11.8 Å². The van der Waals surface area contributed by atoms with Crippen LogP contribution in [-0.4, -0.2) is 29.9 Å². The number of halogens is 1. The Hall–Kier alpha value is -2.28. The molecule has 8 heteroatoms. The summed E-state index contributed by atoms with van der Waals surface area (Å²) >= 11 is 6.03. The Kier molecular flexibility index (Phi) is 3.14. The Labute approximate surface area is 161 Å². The van der Waals surface area contributed by atoms with Gasteiger partial charge in [-0.05, 0) is 74.1 Å². The zero-order valence-electron chi connectivity index (χ0n) is 14.8. The van der Waals surface area contributed by atoms with Crippen molar-refractivity contribution in [1.82, 2.24) is 29.9 Å². The van der Waals surface area contributed by atoms with E-state index in [2.05, 4.69) is 25.3 Å². The van der Waals surface area contributed by atoms with Gasteiger partial charge in [0.15, 0.2) is 0 Å². The van der Waals surface area contributed by atoms with E-state index in [1.54, 1.807) is 12.5 Å². The van der Waals surface area contributed by atoms with Gasteiger partial charge in [0.05, 0.1) is 11.0 Å². The van der Waals surface area contributed by atoms with Crippen molar-refractivity contribution in [3.63, 3.8) is 0 Å². The van der Waals surface area contributed by atoms with Crippen molar-refractivity contribution in [1.29, 1.82) is 0 Å². The fourth-order valence-corrected chi connectivity index (χ4v) is 6.36. The zero-order chi connectivity index (χ0) is 18.1. The highest BCUT2D eigenvalue weighted by Gasteiger charge is 2.61. The molecule has 3 aromatic rings. The van der Waals surface area contributed by atoms with Gasteiger partial charge >= 0.3 is 0 Å². The molecule has 4 saturated carbocycles. The monoisotopic (exact) mass is 382 g/mol. The molecule has 4 fully saturated rings. The van der Waals surface area contributed by atoms with Crippen LogP contribution in [0.2, 0.25) is 5.28 Å². The van der Waals surface area contributed by atoms with Crippen LogP contribution in [0.1, 0.15) is 44.4 Å². The molecule has 4 bridgehead atoms. The molecule has 0 aromatic carbocycles. The Balaban J connectivity index is 1.41. The van der Waals surface area contributed by atoms with E-state index in [4.69, 9.17) is 16.0 Å². The van der Waals surface area contributed by atoms with E-state index in [0.29, 0.717) is 23.0 Å². The molecule has 4 aliphatic rings. The highest BCUT2D eigenvalue weighted by molar-refractivity contribution is 6.28. The average molecular weight is 383 g/mol. The summed E-state index contributed by atoms with van der Waals surface area (Å²) in [6, 6.07) is 5.71. The summed E-state index contributed by atoms with van der Waals surface area (Å²) in [5, 5.41) is 13.6. The smallest absolute Gasteiger partial charge is 0.266 e. The van der Waals surface area contributed by atoms with Crippen LogP contribution in [-0.2, 0) is 11.0 Å². The molecular formula is C19H19ClN6O. The molecule has 7 nitrogen and oxygen atoms in total. The Morgan fingerprint density at radius 1 is 1.07 bits per heavy atom. The quantitative estimate of drug-likeness (QED) is 0.688. The third-order valence-electron chi connectivity index (χ3n) is 6.74. The summed E-state index contributed by atoms with van der Waals surface area (Å²) in [5.41, 5.74) is 0.602. The predicted molar refractivity (Wildman–Crippen MR) is 96.9 cm³/mol. The lowest BCUT2D eigenvalue weighted by Crippen LogP contribution is -2.58. The van der Waals surface area contributed by atoms with Crippen molar-refractivity contribution >= 4 is 11.6 Å². The number of hydrogen-bond donors (Lipinski definition) is 0. The fraction of sp³-hybridized carbons (Fsp3) is 0.526. The Morgan fingerprint density at radius 3 is 2.63 bits per heavy atom. The first kappa shape index (κ1) is 15.7. The Bertz CT molecular complexity index is 985. The lowest BCUT2D eigenvalue weighted by atomic mass is 9.47. The Morgan fingerprint density at radius 2 is 1.93 bits per heavy atom. The van der Waals surface area contributed by atoms with E-state index >= 15 is 0 Å². The molecule has 138 valence electrons. The van der Waals surface area contributed by atoms with Gasteiger partial charge in [0.1, 0.15) is 12.0 Å². The van der Waals surface area contributed by atoms with Gasteiger partial charge in [0.2, 0.25) is 11.2 Å². The maximum absolute atomic E-state index is 6.18. The minimum absolute atomic E-state index is 0.0378. The largest absolute Gasteiger partial charge is 0.419 e. The molecule has 0 radical (unpaired) electrons. The molecule has 0 amide bonds. The van der Waals surface area contributed by atoms with Gasteiger partial charge in [-0.3, -0.25) is 4.98 Å². The minimum Gasteiger partial charge on any atom is -0.419 e. The van der Waals surface area contributed by atoms with Crippen molar-refractivity contribution in [3.8, 4) is 11.6 Å². The highest BCUT2D eigenvalue weighted by Crippen LogP contribution is 2.64. The van der Waals surface area contributed by atoms with Crippen LogP contribution in [0.25, 0.3) is 11.6 Å². The predicted octanol–water partition coefficient (Wildman–Crippen LogP) is 3.62. The van der Waals surface area contributed by atoms with Crippen LogP contribution >= 0.6 is 11.6 Å². The van der Waals surface area contributed by atoms with Crippen molar-refractivity contribution in [2.75, 3.05) is 0 Å². The third-order valence-corrected chi connectivity index (χ3v) is 6.92. The van der Waals surface area contributed by atoms with E-state index in [1.807, 2.05) is 22.9 Å². The van der Waals surface area contributed by atoms with Crippen LogP contribution in [0.5, 0.6) is 0 Å². The normalized spacial score (nSPS) is 34.3. The summed E-state index contributed by atoms with van der Waals surface area (Å²) in [4.78, 5) is 8.51.